The summed E-state index contributed by atoms with van der Waals surface area (Å²) in [6.07, 6.45) is 7.45. The molecule has 1 heterocycles. The van der Waals surface area contributed by atoms with Crippen molar-refractivity contribution in [1.29, 1.82) is 0 Å². The summed E-state index contributed by atoms with van der Waals surface area (Å²) in [6.45, 7) is 0.743. The van der Waals surface area contributed by atoms with Crippen molar-refractivity contribution in [3.8, 4) is 0 Å². The van der Waals surface area contributed by atoms with Crippen molar-refractivity contribution in [1.82, 2.24) is 10.2 Å². The molecule has 6 heteroatoms. The third kappa shape index (κ3) is 4.85. The number of para-hydroxylation sites is 1. The van der Waals surface area contributed by atoms with Gasteiger partial charge in [0.1, 0.15) is 6.04 Å². The van der Waals surface area contributed by atoms with Crippen LogP contribution in [-0.4, -0.2) is 47.2 Å². The van der Waals surface area contributed by atoms with Gasteiger partial charge >= 0.3 is 6.03 Å². The van der Waals surface area contributed by atoms with Crippen LogP contribution < -0.4 is 10.6 Å². The Morgan fingerprint density at radius 1 is 1.19 bits per heavy atom. The topological polar surface area (TPSA) is 81.7 Å². The molecule has 6 nitrogen and oxygen atoms in total. The zero-order valence-electron chi connectivity index (χ0n) is 15.0. The summed E-state index contributed by atoms with van der Waals surface area (Å²) in [6, 6.07) is 8.12. The Morgan fingerprint density at radius 3 is 2.73 bits per heavy atom. The molecular formula is C20H27N3O3. The standard InChI is InChI=1S/C20H27N3O3/c24-17-13-18(19(25)21-12-11-15-7-3-1-4-8-15)23(14-17)20(26)22-16-9-5-2-6-10-16/h2,5-7,9-10,17-18,24H,1,3-4,8,11-14H2,(H,21,25)(H,22,26)/t17-,18+/m0/s1. The number of aliphatic hydroxyl groups is 1. The van der Waals surface area contributed by atoms with Crippen molar-refractivity contribution in [2.45, 2.75) is 50.7 Å². The number of carbonyl (C=O) groups is 2. The van der Waals surface area contributed by atoms with Crippen LogP contribution in [-0.2, 0) is 4.79 Å². The lowest BCUT2D eigenvalue weighted by Gasteiger charge is -2.24. The minimum Gasteiger partial charge on any atom is -0.391 e. The smallest absolute Gasteiger partial charge is 0.322 e. The van der Waals surface area contributed by atoms with Crippen LogP contribution in [0.4, 0.5) is 10.5 Å². The second-order valence-corrected chi connectivity index (χ2v) is 7.00. The SMILES string of the molecule is O=C(NCCC1=CCCCC1)[C@H]1C[C@H](O)CN1C(=O)Nc1ccccc1. The van der Waals surface area contributed by atoms with Crippen LogP contribution in [0.25, 0.3) is 0 Å². The van der Waals surface area contributed by atoms with Gasteiger partial charge in [-0.25, -0.2) is 4.79 Å². The van der Waals surface area contributed by atoms with Gasteiger partial charge in [-0.15, -0.1) is 0 Å². The van der Waals surface area contributed by atoms with Crippen molar-refractivity contribution in [3.05, 3.63) is 42.0 Å². The molecule has 0 bridgehead atoms. The van der Waals surface area contributed by atoms with E-state index in [0.29, 0.717) is 12.2 Å². The Kier molecular flexibility index (Phi) is 6.28. The maximum Gasteiger partial charge on any atom is 0.322 e. The normalized spacial score (nSPS) is 22.7. The lowest BCUT2D eigenvalue weighted by atomic mass is 9.97. The van der Waals surface area contributed by atoms with E-state index in [1.54, 1.807) is 12.1 Å². The average Bonchev–Trinajstić information content (AvgIpc) is 3.05. The molecule has 3 amide bonds. The van der Waals surface area contributed by atoms with Crippen molar-refractivity contribution < 1.29 is 14.7 Å². The molecule has 3 rings (SSSR count). The summed E-state index contributed by atoms with van der Waals surface area (Å²) < 4.78 is 0. The Hall–Kier alpha value is -2.34. The number of hydrogen-bond acceptors (Lipinski definition) is 3. The fourth-order valence-corrected chi connectivity index (χ4v) is 3.60. The monoisotopic (exact) mass is 357 g/mol. The highest BCUT2D eigenvalue weighted by atomic mass is 16.3. The van der Waals surface area contributed by atoms with Crippen LogP contribution in [0.15, 0.2) is 42.0 Å². The van der Waals surface area contributed by atoms with Gasteiger partial charge in [-0.1, -0.05) is 29.8 Å². The highest BCUT2D eigenvalue weighted by molar-refractivity contribution is 5.94. The third-order valence-corrected chi connectivity index (χ3v) is 5.00. The first-order valence-corrected chi connectivity index (χ1v) is 9.40. The van der Waals surface area contributed by atoms with E-state index in [4.69, 9.17) is 0 Å². The van der Waals surface area contributed by atoms with E-state index >= 15 is 0 Å². The van der Waals surface area contributed by atoms with E-state index < -0.39 is 12.1 Å². The number of nitrogens with one attached hydrogen (secondary N) is 2. The number of carbonyl (C=O) groups excluding carboxylic acids is 2. The molecule has 1 aromatic carbocycles. The Balaban J connectivity index is 1.53. The third-order valence-electron chi connectivity index (χ3n) is 5.00. The van der Waals surface area contributed by atoms with Gasteiger partial charge < -0.3 is 20.6 Å². The molecular weight excluding hydrogens is 330 g/mol. The van der Waals surface area contributed by atoms with E-state index in [0.717, 1.165) is 19.3 Å². The number of urea groups is 1. The highest BCUT2D eigenvalue weighted by Gasteiger charge is 2.38. The van der Waals surface area contributed by atoms with Gasteiger partial charge in [0, 0.05) is 25.2 Å². The Bertz CT molecular complexity index is 660. The van der Waals surface area contributed by atoms with Gasteiger partial charge in [0.25, 0.3) is 0 Å². The number of allylic oxidation sites excluding steroid dienone is 1. The number of anilines is 1. The quantitative estimate of drug-likeness (QED) is 0.709. The molecule has 1 saturated heterocycles. The summed E-state index contributed by atoms with van der Waals surface area (Å²) in [4.78, 5) is 26.5. The number of rotatable bonds is 5. The summed E-state index contributed by atoms with van der Waals surface area (Å²) >= 11 is 0. The highest BCUT2D eigenvalue weighted by Crippen LogP contribution is 2.21. The molecule has 1 aliphatic heterocycles. The number of β-amino-alcohol motifs (C(OH)–C–C–N with tert-alkyl or cyclic N) is 1. The number of likely N-dealkylation sites (tertiary alicyclic amines) is 1. The van der Waals surface area contributed by atoms with Gasteiger partial charge in [-0.3, -0.25) is 4.79 Å². The molecule has 0 saturated carbocycles. The van der Waals surface area contributed by atoms with E-state index in [9.17, 15) is 14.7 Å². The van der Waals surface area contributed by atoms with Crippen LogP contribution in [0.3, 0.4) is 0 Å². The van der Waals surface area contributed by atoms with Crippen molar-refractivity contribution in [3.63, 3.8) is 0 Å². The second-order valence-electron chi connectivity index (χ2n) is 7.00. The van der Waals surface area contributed by atoms with Crippen molar-refractivity contribution in [2.75, 3.05) is 18.4 Å². The van der Waals surface area contributed by atoms with Crippen LogP contribution >= 0.6 is 0 Å². The second kappa shape index (κ2) is 8.85. The minimum atomic E-state index is -0.673. The largest absolute Gasteiger partial charge is 0.391 e. The maximum atomic E-state index is 12.5. The van der Waals surface area contributed by atoms with Crippen molar-refractivity contribution in [2.24, 2.45) is 0 Å². The molecule has 140 valence electrons. The van der Waals surface area contributed by atoms with Gasteiger partial charge in [0.2, 0.25) is 5.91 Å². The lowest BCUT2D eigenvalue weighted by Crippen LogP contribution is -2.47. The maximum absolute atomic E-state index is 12.5. The molecule has 1 aliphatic carbocycles. The van der Waals surface area contributed by atoms with Crippen LogP contribution in [0.1, 0.15) is 38.5 Å². The lowest BCUT2D eigenvalue weighted by molar-refractivity contribution is -0.124. The van der Waals surface area contributed by atoms with Crippen LogP contribution in [0, 0.1) is 0 Å². The molecule has 2 aliphatic rings. The predicted molar refractivity (Wildman–Crippen MR) is 101 cm³/mol. The molecule has 0 unspecified atom stereocenters. The molecule has 0 aromatic heterocycles. The molecule has 26 heavy (non-hydrogen) atoms. The summed E-state index contributed by atoms with van der Waals surface area (Å²) in [5, 5.41) is 15.7. The summed E-state index contributed by atoms with van der Waals surface area (Å²) in [5.41, 5.74) is 2.07. The fourth-order valence-electron chi connectivity index (χ4n) is 3.60. The van der Waals surface area contributed by atoms with Crippen molar-refractivity contribution >= 4 is 17.6 Å². The van der Waals surface area contributed by atoms with Gasteiger partial charge in [-0.05, 0) is 44.2 Å². The summed E-state index contributed by atoms with van der Waals surface area (Å²) in [5.74, 6) is -0.193. The number of hydrogen-bond donors (Lipinski definition) is 3. The zero-order valence-corrected chi connectivity index (χ0v) is 15.0. The summed E-state index contributed by atoms with van der Waals surface area (Å²) in [7, 11) is 0. The van der Waals surface area contributed by atoms with Crippen LogP contribution in [0.2, 0.25) is 0 Å². The Labute approximate surface area is 154 Å². The molecule has 1 aromatic rings. The van der Waals surface area contributed by atoms with E-state index in [1.165, 1.54) is 23.3 Å². The van der Waals surface area contributed by atoms with E-state index in [1.807, 2.05) is 18.2 Å². The molecule has 2 atom stereocenters. The molecule has 0 spiro atoms. The number of benzene rings is 1. The van der Waals surface area contributed by atoms with E-state index in [-0.39, 0.29) is 24.9 Å². The number of amides is 3. The zero-order chi connectivity index (χ0) is 18.4. The predicted octanol–water partition coefficient (Wildman–Crippen LogP) is 2.66. The molecule has 3 N–H and O–H groups in total. The van der Waals surface area contributed by atoms with Gasteiger partial charge in [-0.2, -0.15) is 0 Å². The first-order valence-electron chi connectivity index (χ1n) is 9.40. The van der Waals surface area contributed by atoms with Crippen LogP contribution in [0.5, 0.6) is 0 Å². The van der Waals surface area contributed by atoms with Gasteiger partial charge in [0.05, 0.1) is 6.10 Å². The number of nitrogens with zero attached hydrogens (tertiary/aromatic N) is 1. The fraction of sp³-hybridized carbons (Fsp3) is 0.500. The molecule has 0 radical (unpaired) electrons. The Morgan fingerprint density at radius 2 is 2.00 bits per heavy atom. The average molecular weight is 357 g/mol. The van der Waals surface area contributed by atoms with E-state index in [2.05, 4.69) is 16.7 Å². The first kappa shape index (κ1) is 18.5. The molecule has 1 fully saturated rings. The first-order chi connectivity index (χ1) is 12.6. The number of aliphatic hydroxyl groups excluding tert-OH is 1. The van der Waals surface area contributed by atoms with Gasteiger partial charge in [0.15, 0.2) is 0 Å². The minimum absolute atomic E-state index is 0.169.